The van der Waals surface area contributed by atoms with Gasteiger partial charge >= 0.3 is 0 Å². The second-order valence-corrected chi connectivity index (χ2v) is 5.24. The van der Waals surface area contributed by atoms with Crippen LogP contribution in [0.5, 0.6) is 0 Å². The Hall–Kier alpha value is -1.94. The Morgan fingerprint density at radius 3 is 2.60 bits per heavy atom. The van der Waals surface area contributed by atoms with Gasteiger partial charge in [-0.25, -0.2) is 4.98 Å². The third-order valence-electron chi connectivity index (χ3n) is 3.04. The van der Waals surface area contributed by atoms with E-state index >= 15 is 0 Å². The van der Waals surface area contributed by atoms with Crippen molar-refractivity contribution in [3.63, 3.8) is 0 Å². The molecule has 106 valence electrons. The standard InChI is InChI=1S/C16H22N4/c1-13(2)18-10-14-7-8-16(19-11-14)20(3)12-15-6-4-5-9-17-15/h4-9,11,13,18H,10,12H2,1-3H3. The molecule has 0 spiro atoms. The van der Waals surface area contributed by atoms with E-state index in [-0.39, 0.29) is 0 Å². The topological polar surface area (TPSA) is 41.0 Å². The Morgan fingerprint density at radius 2 is 2.00 bits per heavy atom. The number of aromatic nitrogens is 2. The van der Waals surface area contributed by atoms with E-state index in [4.69, 9.17) is 0 Å². The number of nitrogens with one attached hydrogen (secondary N) is 1. The average Bonchev–Trinajstić information content (AvgIpc) is 2.46. The summed E-state index contributed by atoms with van der Waals surface area (Å²) in [5.74, 6) is 0.962. The predicted molar refractivity (Wildman–Crippen MR) is 82.6 cm³/mol. The molecule has 2 aromatic rings. The van der Waals surface area contributed by atoms with E-state index in [1.165, 1.54) is 5.56 Å². The molecule has 2 rings (SSSR count). The van der Waals surface area contributed by atoms with Gasteiger partial charge in [0.25, 0.3) is 0 Å². The fraction of sp³-hybridized carbons (Fsp3) is 0.375. The summed E-state index contributed by atoms with van der Waals surface area (Å²) in [6.07, 6.45) is 3.75. The molecule has 0 amide bonds. The summed E-state index contributed by atoms with van der Waals surface area (Å²) in [5, 5.41) is 3.39. The summed E-state index contributed by atoms with van der Waals surface area (Å²) < 4.78 is 0. The van der Waals surface area contributed by atoms with Gasteiger partial charge in [-0.05, 0) is 23.8 Å². The first-order valence-electron chi connectivity index (χ1n) is 6.94. The SMILES string of the molecule is CC(C)NCc1ccc(N(C)Cc2ccccn2)nc1. The molecule has 4 heteroatoms. The summed E-state index contributed by atoms with van der Waals surface area (Å²) in [7, 11) is 2.03. The largest absolute Gasteiger partial charge is 0.354 e. The minimum atomic E-state index is 0.488. The van der Waals surface area contributed by atoms with Crippen molar-refractivity contribution < 1.29 is 0 Å². The molecule has 0 fully saturated rings. The Morgan fingerprint density at radius 1 is 1.15 bits per heavy atom. The molecule has 0 saturated heterocycles. The van der Waals surface area contributed by atoms with Crippen LogP contribution in [0.25, 0.3) is 0 Å². The van der Waals surface area contributed by atoms with Gasteiger partial charge in [-0.15, -0.1) is 0 Å². The molecule has 4 nitrogen and oxygen atoms in total. The Bertz CT molecular complexity index is 508. The molecule has 0 aliphatic rings. The second kappa shape index (κ2) is 7.01. The fourth-order valence-electron chi connectivity index (χ4n) is 1.88. The van der Waals surface area contributed by atoms with Gasteiger partial charge in [-0.2, -0.15) is 0 Å². The fourth-order valence-corrected chi connectivity index (χ4v) is 1.88. The summed E-state index contributed by atoms with van der Waals surface area (Å²) in [5.41, 5.74) is 2.25. The van der Waals surface area contributed by atoms with Crippen LogP contribution in [0, 0.1) is 0 Å². The summed E-state index contributed by atoms with van der Waals surface area (Å²) in [6, 6.07) is 10.6. The van der Waals surface area contributed by atoms with Gasteiger partial charge in [0.15, 0.2) is 0 Å². The number of nitrogens with zero attached hydrogens (tertiary/aromatic N) is 3. The lowest BCUT2D eigenvalue weighted by Crippen LogP contribution is -2.22. The lowest BCUT2D eigenvalue weighted by molar-refractivity contribution is 0.588. The third kappa shape index (κ3) is 4.31. The molecule has 0 radical (unpaired) electrons. The van der Waals surface area contributed by atoms with Gasteiger partial charge in [-0.3, -0.25) is 4.98 Å². The Balaban J connectivity index is 1.95. The molecule has 2 heterocycles. The highest BCUT2D eigenvalue weighted by molar-refractivity contribution is 5.38. The quantitative estimate of drug-likeness (QED) is 0.876. The van der Waals surface area contributed by atoms with Crippen LogP contribution in [-0.2, 0) is 13.1 Å². The Kier molecular flexibility index (Phi) is 5.07. The number of hydrogen-bond acceptors (Lipinski definition) is 4. The number of rotatable bonds is 6. The van der Waals surface area contributed by atoms with Crippen molar-refractivity contribution >= 4 is 5.82 Å². The van der Waals surface area contributed by atoms with E-state index in [2.05, 4.69) is 46.2 Å². The van der Waals surface area contributed by atoms with Crippen LogP contribution in [0.1, 0.15) is 25.1 Å². The minimum absolute atomic E-state index is 0.488. The normalized spacial score (nSPS) is 10.8. The van der Waals surface area contributed by atoms with Crippen molar-refractivity contribution in [3.05, 3.63) is 54.0 Å². The second-order valence-electron chi connectivity index (χ2n) is 5.24. The van der Waals surface area contributed by atoms with Crippen LogP contribution in [0.15, 0.2) is 42.7 Å². The highest BCUT2D eigenvalue weighted by Crippen LogP contribution is 2.12. The van der Waals surface area contributed by atoms with E-state index in [9.17, 15) is 0 Å². The molecular formula is C16H22N4. The molecule has 0 aliphatic heterocycles. The number of anilines is 1. The van der Waals surface area contributed by atoms with Gasteiger partial charge < -0.3 is 10.2 Å². The van der Waals surface area contributed by atoms with E-state index in [1.807, 2.05) is 37.6 Å². The van der Waals surface area contributed by atoms with Crippen LogP contribution >= 0.6 is 0 Å². The van der Waals surface area contributed by atoms with Gasteiger partial charge in [0.1, 0.15) is 5.82 Å². The minimum Gasteiger partial charge on any atom is -0.354 e. The van der Waals surface area contributed by atoms with E-state index in [1.54, 1.807) is 0 Å². The van der Waals surface area contributed by atoms with Crippen molar-refractivity contribution in [2.45, 2.75) is 33.0 Å². The van der Waals surface area contributed by atoms with Crippen LogP contribution in [0.4, 0.5) is 5.82 Å². The van der Waals surface area contributed by atoms with E-state index in [0.717, 1.165) is 24.6 Å². The number of pyridine rings is 2. The molecule has 0 aromatic carbocycles. The van der Waals surface area contributed by atoms with Crippen molar-refractivity contribution in [1.82, 2.24) is 15.3 Å². The van der Waals surface area contributed by atoms with Crippen LogP contribution in [-0.4, -0.2) is 23.1 Å². The van der Waals surface area contributed by atoms with Crippen molar-refractivity contribution in [1.29, 1.82) is 0 Å². The first kappa shape index (κ1) is 14.5. The highest BCUT2D eigenvalue weighted by Gasteiger charge is 2.04. The molecular weight excluding hydrogens is 248 g/mol. The molecule has 0 atom stereocenters. The molecule has 0 bridgehead atoms. The predicted octanol–water partition coefficient (Wildman–Crippen LogP) is 2.61. The average molecular weight is 270 g/mol. The summed E-state index contributed by atoms with van der Waals surface area (Å²) in [4.78, 5) is 10.9. The molecule has 20 heavy (non-hydrogen) atoms. The maximum absolute atomic E-state index is 4.51. The molecule has 2 aromatic heterocycles. The van der Waals surface area contributed by atoms with Gasteiger partial charge in [0.05, 0.1) is 12.2 Å². The third-order valence-corrected chi connectivity index (χ3v) is 3.04. The van der Waals surface area contributed by atoms with Gasteiger partial charge in [0.2, 0.25) is 0 Å². The van der Waals surface area contributed by atoms with Gasteiger partial charge in [-0.1, -0.05) is 26.0 Å². The zero-order valence-corrected chi connectivity index (χ0v) is 12.4. The van der Waals surface area contributed by atoms with Crippen molar-refractivity contribution in [2.75, 3.05) is 11.9 Å². The summed E-state index contributed by atoms with van der Waals surface area (Å²) >= 11 is 0. The lowest BCUT2D eigenvalue weighted by atomic mass is 10.2. The molecule has 0 saturated carbocycles. The summed E-state index contributed by atoms with van der Waals surface area (Å²) in [6.45, 7) is 5.90. The number of hydrogen-bond donors (Lipinski definition) is 1. The maximum atomic E-state index is 4.51. The molecule has 0 aliphatic carbocycles. The first-order chi connectivity index (χ1) is 9.65. The van der Waals surface area contributed by atoms with Crippen LogP contribution < -0.4 is 10.2 Å². The molecule has 1 N–H and O–H groups in total. The smallest absolute Gasteiger partial charge is 0.128 e. The van der Waals surface area contributed by atoms with Crippen molar-refractivity contribution in [2.24, 2.45) is 0 Å². The monoisotopic (exact) mass is 270 g/mol. The first-order valence-corrected chi connectivity index (χ1v) is 6.94. The maximum Gasteiger partial charge on any atom is 0.128 e. The highest BCUT2D eigenvalue weighted by atomic mass is 15.2. The van der Waals surface area contributed by atoms with Crippen LogP contribution in [0.2, 0.25) is 0 Å². The van der Waals surface area contributed by atoms with Crippen LogP contribution in [0.3, 0.4) is 0 Å². The van der Waals surface area contributed by atoms with E-state index < -0.39 is 0 Å². The zero-order valence-electron chi connectivity index (χ0n) is 12.4. The van der Waals surface area contributed by atoms with Crippen molar-refractivity contribution in [3.8, 4) is 0 Å². The zero-order chi connectivity index (χ0) is 14.4. The van der Waals surface area contributed by atoms with Gasteiger partial charge in [0, 0.05) is 32.0 Å². The molecule has 0 unspecified atom stereocenters. The lowest BCUT2D eigenvalue weighted by Gasteiger charge is -2.18. The van der Waals surface area contributed by atoms with E-state index in [0.29, 0.717) is 6.04 Å². The Labute approximate surface area is 120 Å².